The second kappa shape index (κ2) is 6.41. The number of amides is 1. The number of Topliss-reactive ketones (excluding diaryl/α,β-unsaturated/α-hetero) is 1. The van der Waals surface area contributed by atoms with E-state index in [1.165, 1.54) is 0 Å². The van der Waals surface area contributed by atoms with Crippen molar-refractivity contribution in [2.75, 3.05) is 5.32 Å². The Hall–Kier alpha value is -3.73. The lowest BCUT2D eigenvalue weighted by atomic mass is 9.74. The highest BCUT2D eigenvalue weighted by molar-refractivity contribution is 6.24. The lowest BCUT2D eigenvalue weighted by Gasteiger charge is -2.26. The summed E-state index contributed by atoms with van der Waals surface area (Å²) in [6.07, 6.45) is 0. The number of nitrogens with one attached hydrogen (secondary N) is 1. The van der Waals surface area contributed by atoms with Gasteiger partial charge < -0.3 is 10.2 Å². The number of benzene rings is 3. The van der Waals surface area contributed by atoms with Crippen molar-refractivity contribution in [1.82, 2.24) is 0 Å². The molecule has 0 radical (unpaired) electrons. The fourth-order valence-corrected chi connectivity index (χ4v) is 4.07. The van der Waals surface area contributed by atoms with E-state index < -0.39 is 11.5 Å². The second-order valence-electron chi connectivity index (χ2n) is 7.33. The molecule has 3 aromatic carbocycles. The number of hydrogen-bond acceptors (Lipinski definition) is 4. The Balaban J connectivity index is 1.70. The zero-order valence-electron chi connectivity index (χ0n) is 15.8. The van der Waals surface area contributed by atoms with Gasteiger partial charge in [0.15, 0.2) is 5.78 Å². The van der Waals surface area contributed by atoms with Crippen LogP contribution in [0.5, 0.6) is 0 Å². The highest BCUT2D eigenvalue weighted by Crippen LogP contribution is 2.49. The predicted molar refractivity (Wildman–Crippen MR) is 110 cm³/mol. The van der Waals surface area contributed by atoms with E-state index in [2.05, 4.69) is 10.5 Å². The predicted octanol–water partition coefficient (Wildman–Crippen LogP) is 4.08. The van der Waals surface area contributed by atoms with Crippen LogP contribution in [-0.4, -0.2) is 17.4 Å². The lowest BCUT2D eigenvalue weighted by molar-refractivity contribution is -0.140. The molecule has 0 saturated heterocycles. The molecular formula is C24H18N2O3. The largest absolute Gasteiger partial charge is 0.373 e. The lowest BCUT2D eigenvalue weighted by Crippen LogP contribution is -2.46. The van der Waals surface area contributed by atoms with E-state index in [-0.39, 0.29) is 11.7 Å². The Kier molecular flexibility index (Phi) is 3.84. The van der Waals surface area contributed by atoms with Crippen molar-refractivity contribution in [1.29, 1.82) is 0 Å². The Labute approximate surface area is 168 Å². The Morgan fingerprint density at radius 1 is 0.966 bits per heavy atom. The van der Waals surface area contributed by atoms with Gasteiger partial charge >= 0.3 is 0 Å². The summed E-state index contributed by atoms with van der Waals surface area (Å²) in [5.41, 5.74) is 2.60. The van der Waals surface area contributed by atoms with E-state index in [0.29, 0.717) is 22.5 Å². The van der Waals surface area contributed by atoms with Crippen molar-refractivity contribution in [2.24, 2.45) is 11.1 Å². The average Bonchev–Trinajstić information content (AvgIpc) is 3.28. The third-order valence-electron chi connectivity index (χ3n) is 5.55. The fourth-order valence-electron chi connectivity index (χ4n) is 4.07. The van der Waals surface area contributed by atoms with Gasteiger partial charge in [0.05, 0.1) is 0 Å². The van der Waals surface area contributed by atoms with Crippen molar-refractivity contribution in [3.05, 3.63) is 101 Å². The second-order valence-corrected chi connectivity index (χ2v) is 7.33. The molecule has 29 heavy (non-hydrogen) atoms. The number of carbonyl (C=O) groups is 2. The number of carbonyl (C=O) groups excluding carboxylic acids is 2. The highest BCUT2D eigenvalue weighted by atomic mass is 16.7. The van der Waals surface area contributed by atoms with E-state index in [1.807, 2.05) is 55.5 Å². The molecule has 142 valence electrons. The fraction of sp³-hybridized carbons (Fsp3) is 0.125. The molecule has 2 aliphatic rings. The molecule has 0 bridgehead atoms. The quantitative estimate of drug-likeness (QED) is 0.694. The standard InChI is InChI=1S/C24H18N2O3/c1-15-11-13-16(14-12-15)21-20(22(27)17-7-3-2-4-8-17)24(29-26-21)18-9-5-6-10-19(18)25-23(24)28/h2-14,20H,1H3,(H,25,28). The van der Waals surface area contributed by atoms with E-state index in [1.54, 1.807) is 30.3 Å². The smallest absolute Gasteiger partial charge is 0.277 e. The third kappa shape index (κ3) is 2.51. The molecule has 2 atom stereocenters. The minimum Gasteiger partial charge on any atom is -0.373 e. The van der Waals surface area contributed by atoms with Crippen LogP contribution in [0.25, 0.3) is 0 Å². The minimum atomic E-state index is -1.51. The van der Waals surface area contributed by atoms with Gasteiger partial charge in [-0.25, -0.2) is 0 Å². The van der Waals surface area contributed by atoms with Gasteiger partial charge in [-0.2, -0.15) is 0 Å². The number of ketones is 1. The van der Waals surface area contributed by atoms with Crippen LogP contribution in [0, 0.1) is 12.8 Å². The van der Waals surface area contributed by atoms with Gasteiger partial charge in [0.2, 0.25) is 0 Å². The highest BCUT2D eigenvalue weighted by Gasteiger charge is 2.63. The minimum absolute atomic E-state index is 0.200. The summed E-state index contributed by atoms with van der Waals surface area (Å²) in [4.78, 5) is 32.7. The van der Waals surface area contributed by atoms with Crippen molar-refractivity contribution in [3.63, 3.8) is 0 Å². The molecule has 5 heteroatoms. The summed E-state index contributed by atoms with van der Waals surface area (Å²) < 4.78 is 0. The van der Waals surface area contributed by atoms with Crippen molar-refractivity contribution in [3.8, 4) is 0 Å². The van der Waals surface area contributed by atoms with E-state index in [9.17, 15) is 9.59 Å². The molecule has 1 spiro atoms. The molecule has 0 fully saturated rings. The molecule has 0 saturated carbocycles. The monoisotopic (exact) mass is 382 g/mol. The number of aryl methyl sites for hydroxylation is 1. The summed E-state index contributed by atoms with van der Waals surface area (Å²) in [7, 11) is 0. The molecule has 5 nitrogen and oxygen atoms in total. The molecule has 5 rings (SSSR count). The van der Waals surface area contributed by atoms with E-state index in [4.69, 9.17) is 4.84 Å². The van der Waals surface area contributed by atoms with Crippen molar-refractivity contribution in [2.45, 2.75) is 12.5 Å². The van der Waals surface area contributed by atoms with Crippen LogP contribution in [0.2, 0.25) is 0 Å². The molecule has 2 aliphatic heterocycles. The summed E-state index contributed by atoms with van der Waals surface area (Å²) in [6.45, 7) is 1.99. The average molecular weight is 382 g/mol. The first kappa shape index (κ1) is 17.4. The molecule has 2 heterocycles. The molecule has 1 N–H and O–H groups in total. The zero-order valence-corrected chi connectivity index (χ0v) is 15.8. The van der Waals surface area contributed by atoms with Gasteiger partial charge in [0.1, 0.15) is 11.6 Å². The van der Waals surface area contributed by atoms with Crippen LogP contribution in [0.15, 0.2) is 84.0 Å². The number of nitrogens with zero attached hydrogens (tertiary/aromatic N) is 1. The topological polar surface area (TPSA) is 67.8 Å². The van der Waals surface area contributed by atoms with E-state index in [0.717, 1.165) is 11.1 Å². The van der Waals surface area contributed by atoms with Gasteiger partial charge in [0, 0.05) is 22.4 Å². The van der Waals surface area contributed by atoms with E-state index >= 15 is 0 Å². The van der Waals surface area contributed by atoms with Crippen LogP contribution in [-0.2, 0) is 15.2 Å². The van der Waals surface area contributed by atoms with Crippen LogP contribution >= 0.6 is 0 Å². The molecule has 2 unspecified atom stereocenters. The number of hydrogen-bond donors (Lipinski definition) is 1. The van der Waals surface area contributed by atoms with Crippen LogP contribution in [0.1, 0.15) is 27.0 Å². The number of fused-ring (bicyclic) bond motifs is 2. The summed E-state index contributed by atoms with van der Waals surface area (Å²) >= 11 is 0. The van der Waals surface area contributed by atoms with Gasteiger partial charge in [0.25, 0.3) is 11.5 Å². The zero-order chi connectivity index (χ0) is 20.0. The van der Waals surface area contributed by atoms with Gasteiger partial charge in [-0.15, -0.1) is 0 Å². The Bertz CT molecular complexity index is 1150. The van der Waals surface area contributed by atoms with Crippen molar-refractivity contribution < 1.29 is 14.4 Å². The maximum Gasteiger partial charge on any atom is 0.277 e. The SMILES string of the molecule is Cc1ccc(C2=NOC3(C(=O)Nc4ccccc43)C2C(=O)c2ccccc2)cc1. The van der Waals surface area contributed by atoms with Crippen LogP contribution < -0.4 is 5.32 Å². The maximum absolute atomic E-state index is 13.7. The van der Waals surface area contributed by atoms with Crippen LogP contribution in [0.3, 0.4) is 0 Å². The summed E-state index contributed by atoms with van der Waals surface area (Å²) in [6, 6.07) is 24.0. The first-order valence-corrected chi connectivity index (χ1v) is 9.44. The van der Waals surface area contributed by atoms with Crippen molar-refractivity contribution >= 4 is 23.1 Å². The van der Waals surface area contributed by atoms with Gasteiger partial charge in [-0.1, -0.05) is 83.5 Å². The summed E-state index contributed by atoms with van der Waals surface area (Å²) in [5.74, 6) is -1.47. The molecule has 1 amide bonds. The number of oxime groups is 1. The number of anilines is 1. The maximum atomic E-state index is 13.7. The Morgan fingerprint density at radius 2 is 1.66 bits per heavy atom. The first-order chi connectivity index (χ1) is 14.1. The Morgan fingerprint density at radius 3 is 2.41 bits per heavy atom. The molecule has 3 aromatic rings. The normalized spacial score (nSPS) is 22.0. The van der Waals surface area contributed by atoms with Gasteiger partial charge in [-0.05, 0) is 13.0 Å². The molecule has 0 aliphatic carbocycles. The number of para-hydroxylation sites is 1. The van der Waals surface area contributed by atoms with Gasteiger partial charge in [-0.3, -0.25) is 9.59 Å². The third-order valence-corrected chi connectivity index (χ3v) is 5.55. The first-order valence-electron chi connectivity index (χ1n) is 9.44. The summed E-state index contributed by atoms with van der Waals surface area (Å²) in [5, 5.41) is 7.14. The number of rotatable bonds is 3. The van der Waals surface area contributed by atoms with Crippen LogP contribution in [0.4, 0.5) is 5.69 Å². The molecular weight excluding hydrogens is 364 g/mol. The molecule has 0 aromatic heterocycles.